The highest BCUT2D eigenvalue weighted by Crippen LogP contribution is 2.17. The minimum Gasteiger partial charge on any atom is -0.478 e. The molecule has 138 valence electrons. The summed E-state index contributed by atoms with van der Waals surface area (Å²) in [7, 11) is 0. The number of carboxylic acid groups (broad SMARTS) is 1. The summed E-state index contributed by atoms with van der Waals surface area (Å²) in [6.07, 6.45) is -0.385. The van der Waals surface area contributed by atoms with Gasteiger partial charge in [0, 0.05) is 45.0 Å². The topological polar surface area (TPSA) is 82.1 Å². The molecule has 0 unspecified atom stereocenters. The molecule has 7 heteroatoms. The van der Waals surface area contributed by atoms with Crippen molar-refractivity contribution in [3.63, 3.8) is 0 Å². The third kappa shape index (κ3) is 6.26. The molecule has 1 heterocycles. The molecule has 25 heavy (non-hydrogen) atoms. The third-order valence-corrected chi connectivity index (χ3v) is 3.95. The Morgan fingerprint density at radius 2 is 1.72 bits per heavy atom. The second kappa shape index (κ2) is 8.20. The van der Waals surface area contributed by atoms with Gasteiger partial charge in [0.15, 0.2) is 0 Å². The molecule has 0 saturated carbocycles. The Morgan fingerprint density at radius 1 is 1.12 bits per heavy atom. The number of rotatable bonds is 5. The molecule has 0 aromatic heterocycles. The Balaban J connectivity index is 1.71. The van der Waals surface area contributed by atoms with Crippen molar-refractivity contribution >= 4 is 17.7 Å². The molecule has 1 aliphatic heterocycles. The van der Waals surface area contributed by atoms with Crippen LogP contribution in [0.15, 0.2) is 24.3 Å². The summed E-state index contributed by atoms with van der Waals surface area (Å²) in [5.74, 6) is -0.908. The van der Waals surface area contributed by atoms with Crippen molar-refractivity contribution in [3.05, 3.63) is 29.8 Å². The molecular formula is C18H27N3O4. The number of benzene rings is 1. The predicted molar refractivity (Wildman–Crippen MR) is 96.3 cm³/mol. The fraction of sp³-hybridized carbons (Fsp3) is 0.556. The average Bonchev–Trinajstić information content (AvgIpc) is 2.54. The number of hydrogen-bond acceptors (Lipinski definition) is 5. The summed E-state index contributed by atoms with van der Waals surface area (Å²) >= 11 is 0. The molecule has 1 fully saturated rings. The molecule has 0 bridgehead atoms. The van der Waals surface area contributed by atoms with Crippen molar-refractivity contribution < 1.29 is 19.4 Å². The van der Waals surface area contributed by atoms with Crippen LogP contribution in [0.1, 0.15) is 31.1 Å². The van der Waals surface area contributed by atoms with Crippen LogP contribution < -0.4 is 10.2 Å². The smallest absolute Gasteiger partial charge is 0.407 e. The molecule has 1 saturated heterocycles. The number of amides is 1. The first-order chi connectivity index (χ1) is 11.7. The van der Waals surface area contributed by atoms with Crippen molar-refractivity contribution in [1.82, 2.24) is 10.2 Å². The molecule has 0 atom stereocenters. The highest BCUT2D eigenvalue weighted by molar-refractivity contribution is 5.88. The molecule has 0 aliphatic carbocycles. The minimum atomic E-state index is -0.908. The molecule has 1 aromatic rings. The van der Waals surface area contributed by atoms with Crippen LogP contribution >= 0.6 is 0 Å². The van der Waals surface area contributed by atoms with E-state index in [0.29, 0.717) is 12.1 Å². The number of carbonyl (C=O) groups excluding carboxylic acids is 1. The van der Waals surface area contributed by atoms with Gasteiger partial charge in [-0.1, -0.05) is 0 Å². The number of nitrogens with zero attached hydrogens (tertiary/aromatic N) is 2. The quantitative estimate of drug-likeness (QED) is 0.846. The number of carbonyl (C=O) groups is 2. The van der Waals surface area contributed by atoms with Crippen LogP contribution in [0.5, 0.6) is 0 Å². The molecule has 0 radical (unpaired) electrons. The zero-order chi connectivity index (χ0) is 18.4. The zero-order valence-corrected chi connectivity index (χ0v) is 15.1. The molecule has 1 aromatic carbocycles. The van der Waals surface area contributed by atoms with E-state index >= 15 is 0 Å². The van der Waals surface area contributed by atoms with Gasteiger partial charge in [-0.25, -0.2) is 9.59 Å². The first-order valence-electron chi connectivity index (χ1n) is 8.52. The first-order valence-corrected chi connectivity index (χ1v) is 8.52. The Morgan fingerprint density at radius 3 is 2.24 bits per heavy atom. The standard InChI is InChI=1S/C18H27N3O4/c1-18(2,3)25-17(24)19-8-9-20-10-12-21(13-11-20)15-6-4-14(5-7-15)16(22)23/h4-7H,8-13H2,1-3H3,(H,19,24)(H,22,23). The van der Waals surface area contributed by atoms with Gasteiger partial charge < -0.3 is 20.1 Å². The van der Waals surface area contributed by atoms with Gasteiger partial charge in [0.25, 0.3) is 0 Å². The van der Waals surface area contributed by atoms with Gasteiger partial charge >= 0.3 is 12.1 Å². The van der Waals surface area contributed by atoms with E-state index in [-0.39, 0.29) is 6.09 Å². The number of carboxylic acids is 1. The lowest BCUT2D eigenvalue weighted by atomic mass is 10.2. The summed E-state index contributed by atoms with van der Waals surface area (Å²) in [6, 6.07) is 6.97. The molecular weight excluding hydrogens is 322 g/mol. The lowest BCUT2D eigenvalue weighted by molar-refractivity contribution is 0.0521. The maximum atomic E-state index is 11.6. The summed E-state index contributed by atoms with van der Waals surface area (Å²) in [5.41, 5.74) is 0.860. The van der Waals surface area contributed by atoms with Gasteiger partial charge in [-0.2, -0.15) is 0 Å². The van der Waals surface area contributed by atoms with E-state index < -0.39 is 11.6 Å². The van der Waals surface area contributed by atoms with E-state index in [4.69, 9.17) is 9.84 Å². The lowest BCUT2D eigenvalue weighted by Crippen LogP contribution is -2.48. The first kappa shape index (κ1) is 19.1. The van der Waals surface area contributed by atoms with Crippen molar-refractivity contribution in [1.29, 1.82) is 0 Å². The number of piperazine rings is 1. The number of alkyl carbamates (subject to hydrolysis) is 1. The SMILES string of the molecule is CC(C)(C)OC(=O)NCCN1CCN(c2ccc(C(=O)O)cc2)CC1. The predicted octanol–water partition coefficient (Wildman–Crippen LogP) is 2.03. The molecule has 2 rings (SSSR count). The minimum absolute atomic E-state index is 0.301. The van der Waals surface area contributed by atoms with Gasteiger partial charge in [0.2, 0.25) is 0 Å². The van der Waals surface area contributed by atoms with Crippen molar-refractivity contribution in [2.24, 2.45) is 0 Å². The van der Waals surface area contributed by atoms with Crippen molar-refractivity contribution in [2.75, 3.05) is 44.2 Å². The summed E-state index contributed by atoms with van der Waals surface area (Å²) in [5, 5.41) is 11.7. The second-order valence-corrected chi connectivity index (χ2v) is 7.11. The third-order valence-electron chi connectivity index (χ3n) is 3.95. The number of aromatic carboxylic acids is 1. The molecule has 1 amide bonds. The molecule has 2 N–H and O–H groups in total. The van der Waals surface area contributed by atoms with Gasteiger partial charge in [-0.05, 0) is 45.0 Å². The fourth-order valence-corrected chi connectivity index (χ4v) is 2.67. The van der Waals surface area contributed by atoms with Crippen LogP contribution in [0, 0.1) is 0 Å². The van der Waals surface area contributed by atoms with Gasteiger partial charge in [0.05, 0.1) is 5.56 Å². The van der Waals surface area contributed by atoms with Crippen LogP contribution in [0.4, 0.5) is 10.5 Å². The Kier molecular flexibility index (Phi) is 6.25. The summed E-state index contributed by atoms with van der Waals surface area (Å²) < 4.78 is 5.21. The summed E-state index contributed by atoms with van der Waals surface area (Å²) in [6.45, 7) is 10.4. The van der Waals surface area contributed by atoms with Crippen molar-refractivity contribution in [3.8, 4) is 0 Å². The van der Waals surface area contributed by atoms with E-state index in [2.05, 4.69) is 15.1 Å². The van der Waals surface area contributed by atoms with E-state index in [1.165, 1.54) is 0 Å². The van der Waals surface area contributed by atoms with E-state index in [9.17, 15) is 9.59 Å². The Hall–Kier alpha value is -2.28. The highest BCUT2D eigenvalue weighted by atomic mass is 16.6. The second-order valence-electron chi connectivity index (χ2n) is 7.11. The lowest BCUT2D eigenvalue weighted by Gasteiger charge is -2.36. The van der Waals surface area contributed by atoms with E-state index in [1.807, 2.05) is 32.9 Å². The van der Waals surface area contributed by atoms with E-state index in [0.717, 1.165) is 38.4 Å². The van der Waals surface area contributed by atoms with Crippen LogP contribution in [0.3, 0.4) is 0 Å². The largest absolute Gasteiger partial charge is 0.478 e. The van der Waals surface area contributed by atoms with Gasteiger partial charge in [-0.15, -0.1) is 0 Å². The maximum absolute atomic E-state index is 11.6. The van der Waals surface area contributed by atoms with Crippen LogP contribution in [-0.4, -0.2) is 66.9 Å². The Labute approximate surface area is 148 Å². The number of hydrogen-bond donors (Lipinski definition) is 2. The van der Waals surface area contributed by atoms with Crippen LogP contribution in [-0.2, 0) is 4.74 Å². The zero-order valence-electron chi connectivity index (χ0n) is 15.1. The van der Waals surface area contributed by atoms with Crippen LogP contribution in [0.2, 0.25) is 0 Å². The average molecular weight is 349 g/mol. The number of nitrogens with one attached hydrogen (secondary N) is 1. The maximum Gasteiger partial charge on any atom is 0.407 e. The van der Waals surface area contributed by atoms with Gasteiger partial charge in [-0.3, -0.25) is 4.90 Å². The Bertz CT molecular complexity index is 587. The van der Waals surface area contributed by atoms with Gasteiger partial charge in [0.1, 0.15) is 5.60 Å². The molecule has 7 nitrogen and oxygen atoms in total. The summed E-state index contributed by atoms with van der Waals surface area (Å²) in [4.78, 5) is 27.0. The highest BCUT2D eigenvalue weighted by Gasteiger charge is 2.19. The molecule has 0 spiro atoms. The number of anilines is 1. The normalized spacial score (nSPS) is 15.7. The number of ether oxygens (including phenoxy) is 1. The van der Waals surface area contributed by atoms with Crippen molar-refractivity contribution in [2.45, 2.75) is 26.4 Å². The molecule has 1 aliphatic rings. The van der Waals surface area contributed by atoms with Crippen LogP contribution in [0.25, 0.3) is 0 Å². The van der Waals surface area contributed by atoms with E-state index in [1.54, 1.807) is 12.1 Å². The monoisotopic (exact) mass is 349 g/mol. The fourth-order valence-electron chi connectivity index (χ4n) is 2.67.